The number of carboxylic acids is 1. The van der Waals surface area contributed by atoms with Gasteiger partial charge in [-0.15, -0.1) is 0 Å². The van der Waals surface area contributed by atoms with Crippen molar-refractivity contribution in [2.75, 3.05) is 0 Å². The van der Waals surface area contributed by atoms with Gasteiger partial charge in [-0.05, 0) is 25.7 Å². The van der Waals surface area contributed by atoms with Crippen molar-refractivity contribution >= 4 is 5.97 Å². The first-order valence-corrected chi connectivity index (χ1v) is 10.5. The summed E-state index contributed by atoms with van der Waals surface area (Å²) in [5.74, 6) is -0.301. The highest BCUT2D eigenvalue weighted by Gasteiger charge is 2.09. The van der Waals surface area contributed by atoms with Crippen LogP contribution in [0.1, 0.15) is 117 Å². The molecular weight excluding hydrogens is 296 g/mol. The van der Waals surface area contributed by atoms with Gasteiger partial charge in [0.2, 0.25) is 0 Å². The molecule has 142 valence electrons. The maximum Gasteiger partial charge on any atom is 0.330 e. The number of allylic oxidation sites excluding steroid dienone is 1. The van der Waals surface area contributed by atoms with Crippen molar-refractivity contribution in [3.63, 3.8) is 0 Å². The predicted molar refractivity (Wildman–Crippen MR) is 105 cm³/mol. The molecule has 0 aromatic rings. The van der Waals surface area contributed by atoms with Gasteiger partial charge in [-0.2, -0.15) is 0 Å². The number of carbonyl (C=O) groups is 1. The van der Waals surface area contributed by atoms with Gasteiger partial charge in [0.1, 0.15) is 0 Å². The normalized spacial score (nSPS) is 13.2. The average molecular weight is 339 g/mol. The maximum atomic E-state index is 11.1. The summed E-state index contributed by atoms with van der Waals surface area (Å²) in [7, 11) is 0. The summed E-state index contributed by atoms with van der Waals surface area (Å²) in [5, 5.41) is 9.12. The molecule has 0 heterocycles. The smallest absolute Gasteiger partial charge is 0.330 e. The lowest BCUT2D eigenvalue weighted by molar-refractivity contribution is -0.132. The summed E-state index contributed by atoms with van der Waals surface area (Å²) < 4.78 is 0. The van der Waals surface area contributed by atoms with Gasteiger partial charge in [-0.1, -0.05) is 103 Å². The van der Waals surface area contributed by atoms with Gasteiger partial charge >= 0.3 is 5.97 Å². The Morgan fingerprint density at radius 2 is 1.12 bits per heavy atom. The molecule has 24 heavy (non-hydrogen) atoms. The fourth-order valence-electron chi connectivity index (χ4n) is 3.29. The lowest BCUT2D eigenvalue weighted by Crippen LogP contribution is -2.03. The zero-order valence-electron chi connectivity index (χ0n) is 16.6. The van der Waals surface area contributed by atoms with Crippen LogP contribution in [0, 0.1) is 5.92 Å². The van der Waals surface area contributed by atoms with Crippen LogP contribution in [-0.4, -0.2) is 11.1 Å². The van der Waals surface area contributed by atoms with E-state index in [-0.39, 0.29) is 0 Å². The molecule has 0 aliphatic carbocycles. The van der Waals surface area contributed by atoms with E-state index in [0.29, 0.717) is 11.5 Å². The molecule has 2 heteroatoms. The van der Waals surface area contributed by atoms with E-state index in [2.05, 4.69) is 13.8 Å². The van der Waals surface area contributed by atoms with Gasteiger partial charge in [0.05, 0.1) is 0 Å². The average Bonchev–Trinajstić information content (AvgIpc) is 2.56. The van der Waals surface area contributed by atoms with Crippen LogP contribution in [0.15, 0.2) is 11.6 Å². The van der Waals surface area contributed by atoms with Crippen molar-refractivity contribution in [1.82, 2.24) is 0 Å². The van der Waals surface area contributed by atoms with Crippen molar-refractivity contribution in [3.8, 4) is 0 Å². The Bertz CT molecular complexity index is 320. The monoisotopic (exact) mass is 338 g/mol. The Kier molecular flexibility index (Phi) is 16.5. The van der Waals surface area contributed by atoms with E-state index in [9.17, 15) is 4.79 Å². The van der Waals surface area contributed by atoms with Crippen LogP contribution < -0.4 is 0 Å². The largest absolute Gasteiger partial charge is 0.478 e. The number of carboxylic acid groups (broad SMARTS) is 1. The molecule has 0 rings (SSSR count). The minimum absolute atomic E-state index is 0.461. The molecule has 0 amide bonds. The number of aliphatic carboxylic acids is 1. The predicted octanol–water partition coefficient (Wildman–Crippen LogP) is 7.52. The topological polar surface area (TPSA) is 37.3 Å². The SMILES string of the molecule is CCCCCCCCCC(C=C(C)C(=O)O)CCCCCCCC. The van der Waals surface area contributed by atoms with Crippen molar-refractivity contribution in [2.45, 2.75) is 117 Å². The number of hydrogen-bond acceptors (Lipinski definition) is 1. The van der Waals surface area contributed by atoms with Crippen molar-refractivity contribution in [2.24, 2.45) is 5.92 Å². The molecule has 0 spiro atoms. The van der Waals surface area contributed by atoms with Crippen LogP contribution in [0.5, 0.6) is 0 Å². The van der Waals surface area contributed by atoms with E-state index in [1.165, 1.54) is 83.5 Å². The first-order valence-electron chi connectivity index (χ1n) is 10.5. The van der Waals surface area contributed by atoms with Crippen LogP contribution in [0.3, 0.4) is 0 Å². The molecule has 0 saturated carbocycles. The Hall–Kier alpha value is -0.790. The van der Waals surface area contributed by atoms with Crippen molar-refractivity contribution in [1.29, 1.82) is 0 Å². The van der Waals surface area contributed by atoms with Gasteiger partial charge in [-0.25, -0.2) is 4.79 Å². The second-order valence-electron chi connectivity index (χ2n) is 7.38. The van der Waals surface area contributed by atoms with E-state index < -0.39 is 5.97 Å². The highest BCUT2D eigenvalue weighted by Crippen LogP contribution is 2.22. The standard InChI is InChI=1S/C22H42O2/c1-4-6-8-10-12-14-16-18-21(19-20(3)22(23)24)17-15-13-11-9-7-5-2/h19,21H,4-18H2,1-3H3,(H,23,24). The summed E-state index contributed by atoms with van der Waals surface area (Å²) in [4.78, 5) is 11.1. The third kappa shape index (κ3) is 14.8. The van der Waals surface area contributed by atoms with Gasteiger partial charge < -0.3 is 5.11 Å². The van der Waals surface area contributed by atoms with Gasteiger partial charge in [0.25, 0.3) is 0 Å². The molecule has 0 saturated heterocycles. The second kappa shape index (κ2) is 17.0. The molecule has 0 fully saturated rings. The lowest BCUT2D eigenvalue weighted by Gasteiger charge is -2.14. The highest BCUT2D eigenvalue weighted by molar-refractivity contribution is 5.85. The van der Waals surface area contributed by atoms with Crippen LogP contribution in [0.25, 0.3) is 0 Å². The lowest BCUT2D eigenvalue weighted by atomic mass is 9.92. The maximum absolute atomic E-state index is 11.1. The third-order valence-corrected chi connectivity index (χ3v) is 4.93. The summed E-state index contributed by atoms with van der Waals surface area (Å²) in [5.41, 5.74) is 0.522. The minimum Gasteiger partial charge on any atom is -0.478 e. The second-order valence-corrected chi connectivity index (χ2v) is 7.38. The minimum atomic E-state index is -0.762. The van der Waals surface area contributed by atoms with Crippen LogP contribution in [0.2, 0.25) is 0 Å². The van der Waals surface area contributed by atoms with Gasteiger partial charge in [-0.3, -0.25) is 0 Å². The molecule has 1 atom stereocenters. The van der Waals surface area contributed by atoms with Crippen molar-refractivity contribution < 1.29 is 9.90 Å². The summed E-state index contributed by atoms with van der Waals surface area (Å²) in [6.45, 7) is 6.24. The quantitative estimate of drug-likeness (QED) is 0.220. The van der Waals surface area contributed by atoms with Gasteiger partial charge in [0.15, 0.2) is 0 Å². The fourth-order valence-corrected chi connectivity index (χ4v) is 3.29. The van der Waals surface area contributed by atoms with Crippen LogP contribution in [-0.2, 0) is 4.79 Å². The van der Waals surface area contributed by atoms with E-state index in [4.69, 9.17) is 5.11 Å². The van der Waals surface area contributed by atoms with E-state index in [1.807, 2.05) is 6.08 Å². The van der Waals surface area contributed by atoms with Gasteiger partial charge in [0, 0.05) is 5.57 Å². The zero-order valence-corrected chi connectivity index (χ0v) is 16.6. The number of hydrogen-bond donors (Lipinski definition) is 1. The molecule has 0 aromatic heterocycles. The Morgan fingerprint density at radius 1 is 0.750 bits per heavy atom. The first kappa shape index (κ1) is 23.2. The number of unbranched alkanes of at least 4 members (excludes halogenated alkanes) is 11. The molecule has 0 radical (unpaired) electrons. The van der Waals surface area contributed by atoms with E-state index in [0.717, 1.165) is 12.8 Å². The molecule has 1 N–H and O–H groups in total. The Morgan fingerprint density at radius 3 is 1.50 bits per heavy atom. The highest BCUT2D eigenvalue weighted by atomic mass is 16.4. The fraction of sp³-hybridized carbons (Fsp3) is 0.864. The Labute approximate surface area is 151 Å². The summed E-state index contributed by atoms with van der Waals surface area (Å²) in [6, 6.07) is 0. The zero-order chi connectivity index (χ0) is 18.0. The number of rotatable bonds is 17. The van der Waals surface area contributed by atoms with Crippen LogP contribution >= 0.6 is 0 Å². The summed E-state index contributed by atoms with van der Waals surface area (Å²) >= 11 is 0. The Balaban J connectivity index is 4.01. The molecular formula is C22H42O2. The molecule has 2 nitrogen and oxygen atoms in total. The third-order valence-electron chi connectivity index (χ3n) is 4.93. The molecule has 0 aromatic carbocycles. The molecule has 0 bridgehead atoms. The van der Waals surface area contributed by atoms with Crippen LogP contribution in [0.4, 0.5) is 0 Å². The summed E-state index contributed by atoms with van der Waals surface area (Å²) in [6.07, 6.45) is 21.5. The first-order chi connectivity index (χ1) is 11.6. The molecule has 0 aliphatic heterocycles. The van der Waals surface area contributed by atoms with E-state index >= 15 is 0 Å². The van der Waals surface area contributed by atoms with E-state index in [1.54, 1.807) is 6.92 Å². The molecule has 1 unspecified atom stereocenters. The molecule has 0 aliphatic rings. The van der Waals surface area contributed by atoms with Crippen molar-refractivity contribution in [3.05, 3.63) is 11.6 Å².